The Balaban J connectivity index is 0.00000342. The Morgan fingerprint density at radius 3 is 2.27 bits per heavy atom. The molecular weight excluding hydrogens is 572 g/mol. The number of ether oxygens (including phenoxy) is 2. The van der Waals surface area contributed by atoms with Gasteiger partial charge in [-0.15, -0.1) is 0 Å². The molecule has 0 saturated carbocycles. The fraction of sp³-hybridized carbons (Fsp3) is 0.733. The molecule has 2 fully saturated rings. The van der Waals surface area contributed by atoms with Crippen LogP contribution in [0.25, 0.3) is 0 Å². The summed E-state index contributed by atoms with van der Waals surface area (Å²) in [5.74, 6) is -0.870. The van der Waals surface area contributed by atoms with E-state index in [1.165, 1.54) is 6.92 Å². The van der Waals surface area contributed by atoms with Crippen LogP contribution in [0.5, 0.6) is 5.88 Å². The first-order valence-corrected chi connectivity index (χ1v) is 12.7. The first-order chi connectivity index (χ1) is 16.1. The van der Waals surface area contributed by atoms with Gasteiger partial charge in [-0.3, -0.25) is 13.7 Å². The van der Waals surface area contributed by atoms with Crippen molar-refractivity contribution in [2.75, 3.05) is 6.61 Å². The molecule has 6 N–H and O–H groups in total. The predicted octanol–water partition coefficient (Wildman–Crippen LogP) is -10.6. The summed E-state index contributed by atoms with van der Waals surface area (Å²) in [6.45, 7) is 0.163. The fourth-order valence-electron chi connectivity index (χ4n) is 3.25. The monoisotopic (exact) mass is 594 g/mol. The SMILES string of the molecule is CC1OC(OP(=O)(O)OP(=O)([O-])OCC2OC(n3ccc([O-])nc3=O)C(O)C2O)C(O)C(O)C1O.[Na+].[Na+]. The third-order valence-electron chi connectivity index (χ3n) is 5.06. The number of hydrogen-bond donors (Lipinski definition) is 6. The summed E-state index contributed by atoms with van der Waals surface area (Å²) in [6, 6.07) is 0.875. The Bertz CT molecular complexity index is 1070. The van der Waals surface area contributed by atoms with Gasteiger partial charge in [-0.25, -0.2) is 18.7 Å². The molecule has 37 heavy (non-hydrogen) atoms. The van der Waals surface area contributed by atoms with E-state index < -0.39 is 89.1 Å². The number of nitrogens with zero attached hydrogens (tertiary/aromatic N) is 2. The number of aromatic nitrogens is 2. The van der Waals surface area contributed by atoms with Crippen LogP contribution in [0.3, 0.4) is 0 Å². The van der Waals surface area contributed by atoms with Crippen LogP contribution in [-0.4, -0.2) is 95.6 Å². The molecule has 0 bridgehead atoms. The predicted molar refractivity (Wildman–Crippen MR) is 102 cm³/mol. The van der Waals surface area contributed by atoms with Crippen molar-refractivity contribution < 1.29 is 132 Å². The number of hydrogen-bond acceptors (Lipinski definition) is 16. The molecule has 2 aliphatic rings. The third kappa shape index (κ3) is 8.82. The van der Waals surface area contributed by atoms with Gasteiger partial charge in [0.15, 0.2) is 12.5 Å². The second-order valence-corrected chi connectivity index (χ2v) is 10.5. The Morgan fingerprint density at radius 1 is 1.05 bits per heavy atom. The molecule has 11 atom stereocenters. The molecule has 0 aliphatic carbocycles. The summed E-state index contributed by atoms with van der Waals surface area (Å²) in [7, 11) is -11.2. The largest absolute Gasteiger partial charge is 1.00 e. The van der Waals surface area contributed by atoms with E-state index in [0.717, 1.165) is 12.3 Å². The fourth-order valence-corrected chi connectivity index (χ4v) is 5.37. The topological polar surface area (TPSA) is 283 Å². The summed E-state index contributed by atoms with van der Waals surface area (Å²) in [5, 5.41) is 60.4. The van der Waals surface area contributed by atoms with Crippen LogP contribution >= 0.6 is 15.6 Å². The summed E-state index contributed by atoms with van der Waals surface area (Å²) in [6.07, 6.45) is -14.6. The van der Waals surface area contributed by atoms with E-state index in [0.29, 0.717) is 4.57 Å². The maximum absolute atomic E-state index is 12.1. The molecule has 3 heterocycles. The molecule has 1 aromatic heterocycles. The average molecular weight is 594 g/mol. The van der Waals surface area contributed by atoms with Crippen molar-refractivity contribution in [3.8, 4) is 5.88 Å². The molecule has 18 nitrogen and oxygen atoms in total. The normalized spacial score (nSPS) is 37.0. The zero-order valence-electron chi connectivity index (χ0n) is 19.6. The van der Waals surface area contributed by atoms with E-state index in [-0.39, 0.29) is 59.1 Å². The average Bonchev–Trinajstić information content (AvgIpc) is 3.02. The Kier molecular flexibility index (Phi) is 13.5. The van der Waals surface area contributed by atoms with Crippen LogP contribution in [0.1, 0.15) is 13.2 Å². The third-order valence-corrected chi connectivity index (χ3v) is 7.63. The molecule has 0 aromatic carbocycles. The van der Waals surface area contributed by atoms with Crippen molar-refractivity contribution in [2.24, 2.45) is 0 Å². The molecule has 2 saturated heterocycles. The number of aliphatic hydroxyl groups excluding tert-OH is 5. The first-order valence-electron chi connectivity index (χ1n) is 9.77. The second-order valence-electron chi connectivity index (χ2n) is 7.58. The molecule has 11 unspecified atom stereocenters. The minimum absolute atomic E-state index is 0. The van der Waals surface area contributed by atoms with Crippen molar-refractivity contribution in [3.63, 3.8) is 0 Å². The van der Waals surface area contributed by atoms with Crippen LogP contribution in [0.2, 0.25) is 0 Å². The van der Waals surface area contributed by atoms with Crippen LogP contribution in [-0.2, 0) is 32.0 Å². The number of aliphatic hydroxyl groups is 5. The molecular formula is C15H22N2Na2O16P2. The molecule has 2 aliphatic heterocycles. The van der Waals surface area contributed by atoms with E-state index >= 15 is 0 Å². The van der Waals surface area contributed by atoms with Crippen LogP contribution in [0.15, 0.2) is 17.1 Å². The van der Waals surface area contributed by atoms with Crippen LogP contribution in [0.4, 0.5) is 0 Å². The summed E-state index contributed by atoms with van der Waals surface area (Å²) < 4.78 is 47.7. The molecule has 0 amide bonds. The molecule has 0 radical (unpaired) electrons. The van der Waals surface area contributed by atoms with Gasteiger partial charge in [0.1, 0.15) is 36.6 Å². The number of phosphoric ester groups is 2. The van der Waals surface area contributed by atoms with E-state index in [9.17, 15) is 54.4 Å². The van der Waals surface area contributed by atoms with E-state index in [1.54, 1.807) is 0 Å². The Morgan fingerprint density at radius 2 is 1.68 bits per heavy atom. The van der Waals surface area contributed by atoms with Crippen molar-refractivity contribution in [1.29, 1.82) is 0 Å². The summed E-state index contributed by atoms with van der Waals surface area (Å²) in [4.78, 5) is 36.6. The molecule has 0 spiro atoms. The van der Waals surface area contributed by atoms with Gasteiger partial charge in [-0.1, -0.05) is 0 Å². The van der Waals surface area contributed by atoms with Crippen molar-refractivity contribution in [3.05, 3.63) is 22.7 Å². The van der Waals surface area contributed by atoms with Gasteiger partial charge in [0.05, 0.1) is 12.7 Å². The zero-order valence-corrected chi connectivity index (χ0v) is 25.4. The smallest absolute Gasteiger partial charge is 0.858 e. The number of phosphoric acid groups is 2. The molecule has 22 heteroatoms. The zero-order chi connectivity index (χ0) is 26.3. The first kappa shape index (κ1) is 35.7. The maximum atomic E-state index is 12.1. The van der Waals surface area contributed by atoms with Crippen molar-refractivity contribution >= 4 is 15.6 Å². The second kappa shape index (κ2) is 14.0. The Labute approximate surface area is 252 Å². The van der Waals surface area contributed by atoms with Gasteiger partial charge in [-0.2, -0.15) is 0 Å². The van der Waals surface area contributed by atoms with Gasteiger partial charge < -0.3 is 54.4 Å². The molecule has 1 aromatic rings. The standard InChI is InChI=1S/C15H24N2O16P2.2Na/c1-5-8(19)10(21)12(23)14(30-5)32-35(27,28)33-34(25,26)29-4-6-9(20)11(22)13(31-6)17-3-2-7(18)16-15(17)24;;/h2-3,5-6,8-14,19-23H,4H2,1H3,(H,25,26)(H,27,28)(H,16,18,24);;/q;2*+1/p-2. The van der Waals surface area contributed by atoms with Gasteiger partial charge in [0.2, 0.25) is 0 Å². The van der Waals surface area contributed by atoms with E-state index in [1.807, 2.05) is 0 Å². The number of rotatable bonds is 8. The minimum atomic E-state index is -5.68. The maximum Gasteiger partial charge on any atom is 1.00 e. The quantitative estimate of drug-likeness (QED) is 0.120. The Hall–Kier alpha value is 0.660. The molecule has 3 rings (SSSR count). The van der Waals surface area contributed by atoms with Crippen molar-refractivity contribution in [2.45, 2.75) is 62.2 Å². The van der Waals surface area contributed by atoms with E-state index in [4.69, 9.17) is 9.47 Å². The van der Waals surface area contributed by atoms with Crippen molar-refractivity contribution in [1.82, 2.24) is 9.55 Å². The minimum Gasteiger partial charge on any atom is -0.858 e. The van der Waals surface area contributed by atoms with Gasteiger partial charge >= 0.3 is 72.6 Å². The van der Waals surface area contributed by atoms with Gasteiger partial charge in [0.25, 0.3) is 7.82 Å². The van der Waals surface area contributed by atoms with Gasteiger partial charge in [-0.05, 0) is 18.9 Å². The molecule has 200 valence electrons. The van der Waals surface area contributed by atoms with Gasteiger partial charge in [0, 0.05) is 6.20 Å². The summed E-state index contributed by atoms with van der Waals surface area (Å²) >= 11 is 0. The van der Waals surface area contributed by atoms with Crippen LogP contribution < -0.4 is 74.8 Å². The summed E-state index contributed by atoms with van der Waals surface area (Å²) in [5.41, 5.74) is -1.12. The van der Waals surface area contributed by atoms with Crippen LogP contribution in [0, 0.1) is 0 Å². The van der Waals surface area contributed by atoms with E-state index in [2.05, 4.69) is 18.3 Å².